The van der Waals surface area contributed by atoms with Gasteiger partial charge in [0.2, 0.25) is 0 Å². The van der Waals surface area contributed by atoms with Gasteiger partial charge in [-0.3, -0.25) is 9.59 Å². The lowest BCUT2D eigenvalue weighted by Crippen LogP contribution is -2.25. The molecule has 0 saturated heterocycles. The van der Waals surface area contributed by atoms with Gasteiger partial charge < -0.3 is 19.8 Å². The third kappa shape index (κ3) is 3.24. The largest absolute Gasteiger partial charge is 0.481 e. The van der Waals surface area contributed by atoms with Crippen molar-refractivity contribution in [1.29, 1.82) is 0 Å². The summed E-state index contributed by atoms with van der Waals surface area (Å²) >= 11 is 0. The maximum absolute atomic E-state index is 11.1. The summed E-state index contributed by atoms with van der Waals surface area (Å²) in [6, 6.07) is 0. The van der Waals surface area contributed by atoms with Crippen LogP contribution in [0.25, 0.3) is 0 Å². The molecule has 0 amide bonds. The van der Waals surface area contributed by atoms with Crippen LogP contribution in [0.4, 0.5) is 0 Å². The molecule has 1 aliphatic rings. The Hall–Kier alpha value is -1.89. The second kappa shape index (κ2) is 6.26. The molecule has 7 nitrogen and oxygen atoms in total. The molecule has 0 aromatic carbocycles. The topological polar surface area (TPSA) is 121 Å². The van der Waals surface area contributed by atoms with Crippen LogP contribution in [0.5, 0.6) is 0 Å². The Balaban J connectivity index is 2.27. The van der Waals surface area contributed by atoms with Crippen LogP contribution in [0.1, 0.15) is 61.5 Å². The first-order valence-electron chi connectivity index (χ1n) is 7.04. The normalized spacial score (nSPS) is 16.1. The monoisotopic (exact) mass is 297 g/mol. The van der Waals surface area contributed by atoms with Crippen molar-refractivity contribution in [2.45, 2.75) is 51.0 Å². The SMILES string of the molecule is CCC(CC(C(=O)O)C(=O)O)c1noc(CO)c1C1CC1. The molecule has 1 saturated carbocycles. The molecule has 1 fully saturated rings. The van der Waals surface area contributed by atoms with Gasteiger partial charge in [-0.15, -0.1) is 0 Å². The summed E-state index contributed by atoms with van der Waals surface area (Å²) < 4.78 is 5.14. The van der Waals surface area contributed by atoms with E-state index in [2.05, 4.69) is 5.16 Å². The number of hydrogen-bond acceptors (Lipinski definition) is 5. The average Bonchev–Trinajstić information content (AvgIpc) is 3.19. The van der Waals surface area contributed by atoms with Crippen LogP contribution in [0.3, 0.4) is 0 Å². The van der Waals surface area contributed by atoms with E-state index in [4.69, 9.17) is 14.7 Å². The molecule has 1 heterocycles. The highest BCUT2D eigenvalue weighted by Crippen LogP contribution is 2.46. The van der Waals surface area contributed by atoms with Crippen LogP contribution in [-0.4, -0.2) is 32.4 Å². The number of aliphatic hydroxyl groups excluding tert-OH is 1. The van der Waals surface area contributed by atoms with Crippen molar-refractivity contribution in [3.63, 3.8) is 0 Å². The first-order chi connectivity index (χ1) is 9.99. The number of carboxylic acids is 2. The Kier molecular flexibility index (Phi) is 4.62. The smallest absolute Gasteiger partial charge is 0.317 e. The maximum atomic E-state index is 11.1. The van der Waals surface area contributed by atoms with Crippen LogP contribution in [0.15, 0.2) is 4.52 Å². The summed E-state index contributed by atoms with van der Waals surface area (Å²) in [7, 11) is 0. The van der Waals surface area contributed by atoms with Gasteiger partial charge in [0.15, 0.2) is 11.7 Å². The van der Waals surface area contributed by atoms with Crippen molar-refractivity contribution >= 4 is 11.9 Å². The molecule has 1 aromatic rings. The van der Waals surface area contributed by atoms with Crippen molar-refractivity contribution in [3.8, 4) is 0 Å². The predicted molar refractivity (Wildman–Crippen MR) is 70.8 cm³/mol. The lowest BCUT2D eigenvalue weighted by atomic mass is 9.87. The first kappa shape index (κ1) is 15.5. The number of hydrogen-bond donors (Lipinski definition) is 3. The number of nitrogens with zero attached hydrogens (tertiary/aromatic N) is 1. The molecule has 1 unspecified atom stereocenters. The molecule has 0 aliphatic heterocycles. The summed E-state index contributed by atoms with van der Waals surface area (Å²) in [5, 5.41) is 31.3. The van der Waals surface area contributed by atoms with Gasteiger partial charge in [0.1, 0.15) is 6.61 Å². The Morgan fingerprint density at radius 1 is 1.33 bits per heavy atom. The van der Waals surface area contributed by atoms with Crippen molar-refractivity contribution in [2.24, 2.45) is 5.92 Å². The zero-order valence-corrected chi connectivity index (χ0v) is 11.8. The van der Waals surface area contributed by atoms with Crippen LogP contribution in [-0.2, 0) is 16.2 Å². The molecule has 21 heavy (non-hydrogen) atoms. The van der Waals surface area contributed by atoms with Gasteiger partial charge in [-0.1, -0.05) is 12.1 Å². The van der Waals surface area contributed by atoms with E-state index < -0.39 is 17.9 Å². The Morgan fingerprint density at radius 2 is 1.95 bits per heavy atom. The fraction of sp³-hybridized carbons (Fsp3) is 0.643. The number of aliphatic hydroxyl groups is 1. The Bertz CT molecular complexity index is 520. The maximum Gasteiger partial charge on any atom is 0.317 e. The van der Waals surface area contributed by atoms with Crippen LogP contribution in [0.2, 0.25) is 0 Å². The van der Waals surface area contributed by atoms with Gasteiger partial charge in [0.05, 0.1) is 5.69 Å². The molecule has 7 heteroatoms. The van der Waals surface area contributed by atoms with Gasteiger partial charge in [0, 0.05) is 11.5 Å². The summed E-state index contributed by atoms with van der Waals surface area (Å²) in [4.78, 5) is 22.1. The Labute approximate surface area is 121 Å². The van der Waals surface area contributed by atoms with E-state index in [9.17, 15) is 14.7 Å². The van der Waals surface area contributed by atoms with E-state index in [0.29, 0.717) is 17.9 Å². The number of aliphatic carboxylic acids is 2. The van der Waals surface area contributed by atoms with Crippen LogP contribution < -0.4 is 0 Å². The summed E-state index contributed by atoms with van der Waals surface area (Å²) in [5.74, 6) is -3.76. The zero-order chi connectivity index (χ0) is 15.6. The third-order valence-corrected chi connectivity index (χ3v) is 3.96. The lowest BCUT2D eigenvalue weighted by molar-refractivity contribution is -0.155. The molecule has 3 N–H and O–H groups in total. The van der Waals surface area contributed by atoms with E-state index in [0.717, 1.165) is 18.4 Å². The van der Waals surface area contributed by atoms with E-state index in [1.807, 2.05) is 6.92 Å². The average molecular weight is 297 g/mol. The molecule has 1 atom stereocenters. The van der Waals surface area contributed by atoms with Gasteiger partial charge in [-0.05, 0) is 31.6 Å². The van der Waals surface area contributed by atoms with E-state index in [-0.39, 0.29) is 24.9 Å². The third-order valence-electron chi connectivity index (χ3n) is 3.96. The molecular weight excluding hydrogens is 278 g/mol. The minimum Gasteiger partial charge on any atom is -0.481 e. The quantitative estimate of drug-likeness (QED) is 0.624. The van der Waals surface area contributed by atoms with Crippen molar-refractivity contribution in [1.82, 2.24) is 5.16 Å². The highest BCUT2D eigenvalue weighted by atomic mass is 16.5. The van der Waals surface area contributed by atoms with Crippen LogP contribution in [0, 0.1) is 5.92 Å². The van der Waals surface area contributed by atoms with Gasteiger partial charge in [-0.25, -0.2) is 0 Å². The molecule has 116 valence electrons. The summed E-state index contributed by atoms with van der Waals surface area (Å²) in [5.41, 5.74) is 1.45. The van der Waals surface area contributed by atoms with E-state index in [1.165, 1.54) is 0 Å². The van der Waals surface area contributed by atoms with Crippen molar-refractivity contribution < 1.29 is 29.4 Å². The molecular formula is C14H19NO6. The highest BCUT2D eigenvalue weighted by Gasteiger charge is 2.37. The lowest BCUT2D eigenvalue weighted by Gasteiger charge is -2.16. The van der Waals surface area contributed by atoms with Crippen molar-refractivity contribution in [2.75, 3.05) is 0 Å². The molecule has 1 aliphatic carbocycles. The number of carbonyl (C=O) groups is 2. The molecule has 1 aromatic heterocycles. The van der Waals surface area contributed by atoms with Crippen molar-refractivity contribution in [3.05, 3.63) is 17.0 Å². The summed E-state index contributed by atoms with van der Waals surface area (Å²) in [6.07, 6.45) is 2.50. The van der Waals surface area contributed by atoms with Gasteiger partial charge in [-0.2, -0.15) is 0 Å². The fourth-order valence-corrected chi connectivity index (χ4v) is 2.63. The van der Waals surface area contributed by atoms with E-state index in [1.54, 1.807) is 0 Å². The molecule has 0 bridgehead atoms. The first-order valence-corrected chi connectivity index (χ1v) is 7.04. The second-order valence-corrected chi connectivity index (χ2v) is 5.41. The molecule has 2 rings (SSSR count). The van der Waals surface area contributed by atoms with Crippen LogP contribution >= 0.6 is 0 Å². The molecule has 0 radical (unpaired) electrons. The minimum absolute atomic E-state index is 0.0295. The van der Waals surface area contributed by atoms with Gasteiger partial charge in [0.25, 0.3) is 0 Å². The molecule has 0 spiro atoms. The summed E-state index contributed by atoms with van der Waals surface area (Å²) in [6.45, 7) is 1.60. The Morgan fingerprint density at radius 3 is 2.38 bits per heavy atom. The second-order valence-electron chi connectivity index (χ2n) is 5.41. The fourth-order valence-electron chi connectivity index (χ4n) is 2.63. The number of rotatable bonds is 8. The zero-order valence-electron chi connectivity index (χ0n) is 11.8. The predicted octanol–water partition coefficient (Wildman–Crippen LogP) is 1.71. The number of carboxylic acid groups (broad SMARTS) is 2. The number of aromatic nitrogens is 1. The van der Waals surface area contributed by atoms with E-state index >= 15 is 0 Å². The highest BCUT2D eigenvalue weighted by molar-refractivity contribution is 5.92. The minimum atomic E-state index is -1.46. The van der Waals surface area contributed by atoms with Gasteiger partial charge >= 0.3 is 11.9 Å². The standard InChI is InChI=1S/C14H19NO6/c1-2-7(5-9(13(17)18)14(19)20)12-11(8-3-4-8)10(6-16)21-15-12/h7-9,16H,2-6H2,1H3,(H,17,18)(H,19,20).